The highest BCUT2D eigenvalue weighted by Gasteiger charge is 2.07. The molecule has 0 saturated carbocycles. The van der Waals surface area contributed by atoms with Gasteiger partial charge in [-0.2, -0.15) is 0 Å². The van der Waals surface area contributed by atoms with Crippen molar-refractivity contribution < 1.29 is 0 Å². The van der Waals surface area contributed by atoms with Crippen LogP contribution in [0.1, 0.15) is 5.56 Å². The monoisotopic (exact) mass is 270 g/mol. The molecule has 0 atom stereocenters. The molecule has 100 valence electrons. The van der Waals surface area contributed by atoms with Gasteiger partial charge in [-0.25, -0.2) is 9.97 Å². The predicted molar refractivity (Wildman–Crippen MR) is 87.2 cm³/mol. The smallest absolute Gasteiger partial charge is 0.0901 e. The number of aromatic nitrogens is 2. The Morgan fingerprint density at radius 1 is 0.619 bits per heavy atom. The minimum atomic E-state index is 0.938. The summed E-state index contributed by atoms with van der Waals surface area (Å²) in [6, 6.07) is 22.7. The summed E-state index contributed by atoms with van der Waals surface area (Å²) in [5.74, 6) is 0. The van der Waals surface area contributed by atoms with Crippen LogP contribution in [0.3, 0.4) is 0 Å². The van der Waals surface area contributed by atoms with Crippen LogP contribution in [-0.2, 0) is 0 Å². The van der Waals surface area contributed by atoms with E-state index in [0.29, 0.717) is 0 Å². The number of rotatable bonds is 1. The summed E-state index contributed by atoms with van der Waals surface area (Å²) in [6.07, 6.45) is 0. The zero-order valence-corrected chi connectivity index (χ0v) is 11.7. The van der Waals surface area contributed by atoms with Gasteiger partial charge in [-0.15, -0.1) is 0 Å². The van der Waals surface area contributed by atoms with Crippen molar-refractivity contribution in [1.82, 2.24) is 9.97 Å². The maximum atomic E-state index is 4.74. The normalized spacial score (nSPS) is 11.1. The number of para-hydroxylation sites is 2. The van der Waals surface area contributed by atoms with Gasteiger partial charge < -0.3 is 0 Å². The van der Waals surface area contributed by atoms with E-state index in [9.17, 15) is 0 Å². The minimum Gasteiger partial charge on any atom is -0.244 e. The Bertz CT molecular complexity index is 943. The maximum Gasteiger partial charge on any atom is 0.0901 e. The van der Waals surface area contributed by atoms with E-state index in [1.807, 2.05) is 30.3 Å². The van der Waals surface area contributed by atoms with Gasteiger partial charge in [0, 0.05) is 0 Å². The quantitative estimate of drug-likeness (QED) is 0.466. The van der Waals surface area contributed by atoms with Gasteiger partial charge in [0.05, 0.1) is 22.1 Å². The minimum absolute atomic E-state index is 0.938. The Hall–Kier alpha value is -2.74. The molecule has 0 bridgehead atoms. The van der Waals surface area contributed by atoms with Crippen LogP contribution in [0.4, 0.5) is 0 Å². The van der Waals surface area contributed by atoms with Crippen LogP contribution < -0.4 is 0 Å². The first-order chi connectivity index (χ1) is 10.3. The highest BCUT2D eigenvalue weighted by Crippen LogP contribution is 2.27. The Balaban J connectivity index is 2.02. The Morgan fingerprint density at radius 3 is 1.86 bits per heavy atom. The van der Waals surface area contributed by atoms with Crippen molar-refractivity contribution in [1.29, 1.82) is 0 Å². The van der Waals surface area contributed by atoms with Gasteiger partial charge >= 0.3 is 0 Å². The second-order valence-electron chi connectivity index (χ2n) is 5.23. The Labute approximate surface area is 123 Å². The van der Waals surface area contributed by atoms with Crippen molar-refractivity contribution in [2.24, 2.45) is 0 Å². The maximum absolute atomic E-state index is 4.74. The van der Waals surface area contributed by atoms with E-state index in [1.165, 1.54) is 16.7 Å². The third-order valence-corrected chi connectivity index (χ3v) is 3.77. The molecule has 3 aromatic carbocycles. The summed E-state index contributed by atoms with van der Waals surface area (Å²) < 4.78 is 0. The lowest BCUT2D eigenvalue weighted by Crippen LogP contribution is -1.90. The van der Waals surface area contributed by atoms with Gasteiger partial charge in [0.1, 0.15) is 0 Å². The third kappa shape index (κ3) is 2.05. The lowest BCUT2D eigenvalue weighted by atomic mass is 9.99. The Kier molecular flexibility index (Phi) is 2.68. The molecule has 21 heavy (non-hydrogen) atoms. The van der Waals surface area contributed by atoms with E-state index < -0.39 is 0 Å². The van der Waals surface area contributed by atoms with E-state index in [1.54, 1.807) is 0 Å². The lowest BCUT2D eigenvalue weighted by molar-refractivity contribution is 1.37. The fourth-order valence-electron chi connectivity index (χ4n) is 2.70. The van der Waals surface area contributed by atoms with Gasteiger partial charge in [0.15, 0.2) is 0 Å². The molecule has 0 aliphatic rings. The summed E-state index contributed by atoms with van der Waals surface area (Å²) in [6.45, 7) is 2.12. The van der Waals surface area contributed by atoms with E-state index in [4.69, 9.17) is 9.97 Å². The zero-order valence-electron chi connectivity index (χ0n) is 11.7. The molecule has 2 heteroatoms. The summed E-state index contributed by atoms with van der Waals surface area (Å²) in [7, 11) is 0. The molecule has 4 rings (SSSR count). The first-order valence-electron chi connectivity index (χ1n) is 7.04. The van der Waals surface area contributed by atoms with Crippen LogP contribution in [-0.4, -0.2) is 9.97 Å². The number of hydrogen-bond donors (Lipinski definition) is 0. The highest BCUT2D eigenvalue weighted by molar-refractivity contribution is 5.89. The molecule has 0 spiro atoms. The van der Waals surface area contributed by atoms with Gasteiger partial charge in [0.2, 0.25) is 0 Å². The number of fused-ring (bicyclic) bond motifs is 2. The van der Waals surface area contributed by atoms with Crippen molar-refractivity contribution in [3.05, 3.63) is 72.3 Å². The molecule has 0 fully saturated rings. The molecule has 1 heterocycles. The second kappa shape index (κ2) is 4.67. The van der Waals surface area contributed by atoms with Crippen LogP contribution in [0.5, 0.6) is 0 Å². The topological polar surface area (TPSA) is 25.8 Å². The number of benzene rings is 3. The molecule has 0 aliphatic carbocycles. The van der Waals surface area contributed by atoms with E-state index in [0.717, 1.165) is 22.1 Å². The van der Waals surface area contributed by atoms with Gasteiger partial charge in [0.25, 0.3) is 0 Å². The van der Waals surface area contributed by atoms with Crippen molar-refractivity contribution >= 4 is 22.1 Å². The largest absolute Gasteiger partial charge is 0.244 e. The predicted octanol–water partition coefficient (Wildman–Crippen LogP) is 4.76. The van der Waals surface area contributed by atoms with Crippen molar-refractivity contribution in [2.45, 2.75) is 6.92 Å². The van der Waals surface area contributed by atoms with Crippen LogP contribution in [0.15, 0.2) is 66.7 Å². The molecule has 0 saturated heterocycles. The molecule has 0 N–H and O–H groups in total. The average molecular weight is 270 g/mol. The van der Waals surface area contributed by atoms with Crippen LogP contribution in [0.25, 0.3) is 33.2 Å². The van der Waals surface area contributed by atoms with E-state index >= 15 is 0 Å². The van der Waals surface area contributed by atoms with Crippen LogP contribution in [0.2, 0.25) is 0 Å². The molecule has 4 aromatic rings. The fraction of sp³-hybridized carbons (Fsp3) is 0.0526. The SMILES string of the molecule is Cc1cc2nc3ccccc3nc2cc1-c1ccccc1. The summed E-state index contributed by atoms with van der Waals surface area (Å²) in [5, 5.41) is 0. The summed E-state index contributed by atoms with van der Waals surface area (Å²) in [5.41, 5.74) is 7.42. The molecular formula is C19H14N2. The van der Waals surface area contributed by atoms with Gasteiger partial charge in [-0.3, -0.25) is 0 Å². The Morgan fingerprint density at radius 2 is 1.19 bits per heavy atom. The van der Waals surface area contributed by atoms with Crippen molar-refractivity contribution in [2.75, 3.05) is 0 Å². The average Bonchev–Trinajstić information content (AvgIpc) is 2.53. The number of hydrogen-bond acceptors (Lipinski definition) is 2. The lowest BCUT2D eigenvalue weighted by Gasteiger charge is -2.08. The van der Waals surface area contributed by atoms with E-state index in [2.05, 4.69) is 43.3 Å². The van der Waals surface area contributed by atoms with Crippen molar-refractivity contribution in [3.63, 3.8) is 0 Å². The first kappa shape index (κ1) is 12.0. The van der Waals surface area contributed by atoms with Gasteiger partial charge in [-0.1, -0.05) is 42.5 Å². The van der Waals surface area contributed by atoms with Gasteiger partial charge in [-0.05, 0) is 47.9 Å². The molecule has 0 aliphatic heterocycles. The van der Waals surface area contributed by atoms with E-state index in [-0.39, 0.29) is 0 Å². The number of aryl methyl sites for hydroxylation is 1. The highest BCUT2D eigenvalue weighted by atomic mass is 14.8. The first-order valence-corrected chi connectivity index (χ1v) is 7.04. The molecule has 1 aromatic heterocycles. The number of nitrogens with zero attached hydrogens (tertiary/aromatic N) is 2. The fourth-order valence-corrected chi connectivity index (χ4v) is 2.70. The summed E-state index contributed by atoms with van der Waals surface area (Å²) in [4.78, 5) is 9.45. The zero-order chi connectivity index (χ0) is 14.2. The standard InChI is InChI=1S/C19H14N2/c1-13-11-18-19(12-15(13)14-7-3-2-4-8-14)21-17-10-6-5-9-16(17)20-18/h2-12H,1H3. The van der Waals surface area contributed by atoms with Crippen LogP contribution >= 0.6 is 0 Å². The van der Waals surface area contributed by atoms with Crippen molar-refractivity contribution in [3.8, 4) is 11.1 Å². The summed E-state index contributed by atoms with van der Waals surface area (Å²) >= 11 is 0. The molecule has 0 radical (unpaired) electrons. The molecule has 0 amide bonds. The molecular weight excluding hydrogens is 256 g/mol. The molecule has 0 unspecified atom stereocenters. The second-order valence-corrected chi connectivity index (χ2v) is 5.23. The molecule has 2 nitrogen and oxygen atoms in total. The van der Waals surface area contributed by atoms with Crippen LogP contribution in [0, 0.1) is 6.92 Å². The third-order valence-electron chi connectivity index (χ3n) is 3.77.